The quantitative estimate of drug-likeness (QED) is 0.562. The van der Waals surface area contributed by atoms with Crippen LogP contribution in [0.1, 0.15) is 31.0 Å². The summed E-state index contributed by atoms with van der Waals surface area (Å²) in [4.78, 5) is 4.53. The molecule has 1 nitrogen and oxygen atoms in total. The van der Waals surface area contributed by atoms with Gasteiger partial charge in [-0.1, -0.05) is 22.9 Å². The molecular weight excluding hydrogens is 282 g/mol. The Morgan fingerprint density at radius 3 is 2.69 bits per heavy atom. The smallest absolute Gasteiger partial charge is 0.0965 e. The van der Waals surface area contributed by atoms with Gasteiger partial charge in [-0.25, -0.2) is 4.98 Å². The summed E-state index contributed by atoms with van der Waals surface area (Å²) >= 11 is 5.36. The van der Waals surface area contributed by atoms with E-state index in [1.807, 2.05) is 11.8 Å². The third-order valence-electron chi connectivity index (χ3n) is 2.54. The van der Waals surface area contributed by atoms with E-state index in [0.717, 1.165) is 16.9 Å². The Hall–Kier alpha value is -0.0200. The molecule has 0 amide bonds. The summed E-state index contributed by atoms with van der Waals surface area (Å²) in [6.07, 6.45) is 2.53. The summed E-state index contributed by atoms with van der Waals surface area (Å²) in [7, 11) is 0. The monoisotopic (exact) mass is 301 g/mol. The van der Waals surface area contributed by atoms with E-state index in [2.05, 4.69) is 53.8 Å². The number of rotatable bonds is 6. The largest absolute Gasteiger partial charge is 0.247 e. The highest BCUT2D eigenvalue weighted by molar-refractivity contribution is 9.09. The van der Waals surface area contributed by atoms with Gasteiger partial charge < -0.3 is 0 Å². The fourth-order valence-electron chi connectivity index (χ4n) is 1.57. The SMILES string of the molecule is Cc1cc(C)nc(SCCC(C)CCBr)c1. The van der Waals surface area contributed by atoms with Crippen molar-refractivity contribution in [3.63, 3.8) is 0 Å². The van der Waals surface area contributed by atoms with Gasteiger partial charge >= 0.3 is 0 Å². The van der Waals surface area contributed by atoms with E-state index in [9.17, 15) is 0 Å². The molecule has 0 aliphatic carbocycles. The minimum atomic E-state index is 0.804. The summed E-state index contributed by atoms with van der Waals surface area (Å²) in [6.45, 7) is 6.51. The summed E-state index contributed by atoms with van der Waals surface area (Å²) < 4.78 is 0. The van der Waals surface area contributed by atoms with Crippen molar-refractivity contribution in [2.45, 2.75) is 38.6 Å². The number of halogens is 1. The van der Waals surface area contributed by atoms with Gasteiger partial charge in [0.05, 0.1) is 5.03 Å². The molecule has 16 heavy (non-hydrogen) atoms. The second-order valence-corrected chi connectivity index (χ2v) is 6.25. The standard InChI is InChI=1S/C13H20BrNS/c1-10(4-6-14)5-7-16-13-9-11(2)8-12(3)15-13/h8-10H,4-7H2,1-3H3. The fourth-order valence-corrected chi connectivity index (χ4v) is 3.56. The lowest BCUT2D eigenvalue weighted by Crippen LogP contribution is -1.97. The van der Waals surface area contributed by atoms with Crippen molar-refractivity contribution >= 4 is 27.7 Å². The van der Waals surface area contributed by atoms with Crippen molar-refractivity contribution in [3.05, 3.63) is 23.4 Å². The van der Waals surface area contributed by atoms with Gasteiger partial charge in [0, 0.05) is 11.0 Å². The number of hydrogen-bond donors (Lipinski definition) is 0. The van der Waals surface area contributed by atoms with Gasteiger partial charge in [-0.15, -0.1) is 11.8 Å². The summed E-state index contributed by atoms with van der Waals surface area (Å²) in [5.74, 6) is 1.97. The Kier molecular flexibility index (Phi) is 6.44. The summed E-state index contributed by atoms with van der Waals surface area (Å²) in [6, 6.07) is 4.30. The highest BCUT2D eigenvalue weighted by Gasteiger charge is 2.03. The van der Waals surface area contributed by atoms with Crippen LogP contribution in [-0.4, -0.2) is 16.1 Å². The van der Waals surface area contributed by atoms with Gasteiger partial charge in [0.2, 0.25) is 0 Å². The molecule has 1 unspecified atom stereocenters. The van der Waals surface area contributed by atoms with Crippen LogP contribution < -0.4 is 0 Å². The zero-order chi connectivity index (χ0) is 12.0. The minimum Gasteiger partial charge on any atom is -0.247 e. The maximum Gasteiger partial charge on any atom is 0.0965 e. The Morgan fingerprint density at radius 1 is 1.31 bits per heavy atom. The van der Waals surface area contributed by atoms with E-state index >= 15 is 0 Å². The molecule has 0 N–H and O–H groups in total. The van der Waals surface area contributed by atoms with Crippen LogP contribution in [0.2, 0.25) is 0 Å². The maximum absolute atomic E-state index is 4.53. The predicted molar refractivity (Wildman–Crippen MR) is 76.6 cm³/mol. The first-order valence-electron chi connectivity index (χ1n) is 5.76. The van der Waals surface area contributed by atoms with E-state index in [-0.39, 0.29) is 0 Å². The first-order valence-corrected chi connectivity index (χ1v) is 7.86. The molecule has 0 fully saturated rings. The van der Waals surface area contributed by atoms with Crippen LogP contribution in [0.4, 0.5) is 0 Å². The lowest BCUT2D eigenvalue weighted by atomic mass is 10.1. The van der Waals surface area contributed by atoms with Gasteiger partial charge in [-0.2, -0.15) is 0 Å². The van der Waals surface area contributed by atoms with Crippen LogP contribution in [0.25, 0.3) is 0 Å². The van der Waals surface area contributed by atoms with Crippen molar-refractivity contribution in [3.8, 4) is 0 Å². The van der Waals surface area contributed by atoms with Crippen molar-refractivity contribution in [1.82, 2.24) is 4.98 Å². The van der Waals surface area contributed by atoms with Crippen molar-refractivity contribution in [2.75, 3.05) is 11.1 Å². The Labute approximate surface area is 112 Å². The molecule has 90 valence electrons. The van der Waals surface area contributed by atoms with Crippen LogP contribution in [0.5, 0.6) is 0 Å². The predicted octanol–water partition coefficient (Wildman–Crippen LogP) is 4.60. The van der Waals surface area contributed by atoms with Crippen LogP contribution >= 0.6 is 27.7 Å². The highest BCUT2D eigenvalue weighted by atomic mass is 79.9. The number of thioether (sulfide) groups is 1. The molecule has 1 rings (SSSR count). The second-order valence-electron chi connectivity index (χ2n) is 4.34. The Bertz CT molecular complexity index is 307. The molecule has 0 bridgehead atoms. The van der Waals surface area contributed by atoms with Gasteiger partial charge in [0.25, 0.3) is 0 Å². The average Bonchev–Trinajstić information content (AvgIpc) is 2.16. The van der Waals surface area contributed by atoms with Crippen molar-refractivity contribution < 1.29 is 0 Å². The number of aryl methyl sites for hydroxylation is 2. The third-order valence-corrected chi connectivity index (χ3v) is 3.94. The highest BCUT2D eigenvalue weighted by Crippen LogP contribution is 2.21. The van der Waals surface area contributed by atoms with E-state index in [0.29, 0.717) is 0 Å². The first kappa shape index (κ1) is 14.0. The molecule has 0 radical (unpaired) electrons. The Morgan fingerprint density at radius 2 is 2.06 bits per heavy atom. The summed E-state index contributed by atoms with van der Waals surface area (Å²) in [5.41, 5.74) is 2.43. The topological polar surface area (TPSA) is 12.9 Å². The zero-order valence-electron chi connectivity index (χ0n) is 10.3. The first-order chi connectivity index (χ1) is 7.61. The lowest BCUT2D eigenvalue weighted by Gasteiger charge is -2.09. The molecule has 0 saturated carbocycles. The maximum atomic E-state index is 4.53. The van der Waals surface area contributed by atoms with Crippen LogP contribution in [0, 0.1) is 19.8 Å². The molecule has 0 aliphatic rings. The van der Waals surface area contributed by atoms with Gasteiger partial charge in [0.1, 0.15) is 0 Å². The van der Waals surface area contributed by atoms with Crippen LogP contribution in [0.3, 0.4) is 0 Å². The molecule has 1 atom stereocenters. The summed E-state index contributed by atoms with van der Waals surface area (Å²) in [5, 5.41) is 2.28. The lowest BCUT2D eigenvalue weighted by molar-refractivity contribution is 0.555. The number of aromatic nitrogens is 1. The molecular formula is C13H20BrNS. The molecule has 0 spiro atoms. The molecule has 0 aromatic carbocycles. The molecule has 0 aliphatic heterocycles. The van der Waals surface area contributed by atoms with Crippen LogP contribution in [0.15, 0.2) is 17.2 Å². The number of hydrogen-bond acceptors (Lipinski definition) is 2. The van der Waals surface area contributed by atoms with E-state index < -0.39 is 0 Å². The molecule has 1 aromatic heterocycles. The van der Waals surface area contributed by atoms with Gasteiger partial charge in [-0.05, 0) is 56.1 Å². The van der Waals surface area contributed by atoms with E-state index in [4.69, 9.17) is 0 Å². The Balaban J connectivity index is 2.37. The fraction of sp³-hybridized carbons (Fsp3) is 0.615. The number of pyridine rings is 1. The van der Waals surface area contributed by atoms with Crippen LogP contribution in [-0.2, 0) is 0 Å². The van der Waals surface area contributed by atoms with E-state index in [1.165, 1.54) is 29.2 Å². The normalized spacial score (nSPS) is 12.8. The second kappa shape index (κ2) is 7.33. The number of nitrogens with zero attached hydrogens (tertiary/aromatic N) is 1. The van der Waals surface area contributed by atoms with Crippen molar-refractivity contribution in [1.29, 1.82) is 0 Å². The van der Waals surface area contributed by atoms with Crippen molar-refractivity contribution in [2.24, 2.45) is 5.92 Å². The molecule has 1 aromatic rings. The van der Waals surface area contributed by atoms with Gasteiger partial charge in [0.15, 0.2) is 0 Å². The minimum absolute atomic E-state index is 0.804. The zero-order valence-corrected chi connectivity index (χ0v) is 12.7. The molecule has 3 heteroatoms. The molecule has 1 heterocycles. The van der Waals surface area contributed by atoms with E-state index in [1.54, 1.807) is 0 Å². The number of alkyl halides is 1. The third kappa shape index (κ3) is 5.35. The van der Waals surface area contributed by atoms with Gasteiger partial charge in [-0.3, -0.25) is 0 Å². The molecule has 0 saturated heterocycles. The average molecular weight is 302 g/mol.